The summed E-state index contributed by atoms with van der Waals surface area (Å²) in [5.41, 5.74) is 6.42. The Kier molecular flexibility index (Phi) is 5.06. The van der Waals surface area contributed by atoms with Crippen LogP contribution in [0.25, 0.3) is 0 Å². The first-order valence-electron chi connectivity index (χ1n) is 8.42. The van der Waals surface area contributed by atoms with Crippen molar-refractivity contribution in [2.45, 2.75) is 32.2 Å². The topological polar surface area (TPSA) is 107 Å². The third-order valence-electron chi connectivity index (χ3n) is 4.72. The van der Waals surface area contributed by atoms with Crippen LogP contribution in [0, 0.1) is 12.8 Å². The van der Waals surface area contributed by atoms with Gasteiger partial charge < -0.3 is 10.6 Å². The van der Waals surface area contributed by atoms with Gasteiger partial charge in [-0.15, -0.1) is 5.10 Å². The number of aryl methyl sites for hydroxylation is 1. The van der Waals surface area contributed by atoms with E-state index in [9.17, 15) is 9.59 Å². The number of benzene rings is 1. The van der Waals surface area contributed by atoms with Gasteiger partial charge in [-0.25, -0.2) is 4.68 Å². The Morgan fingerprint density at radius 3 is 2.48 bits per heavy atom. The van der Waals surface area contributed by atoms with Crippen LogP contribution in [0.15, 0.2) is 30.3 Å². The number of aromatic nitrogens is 4. The molecule has 25 heavy (non-hydrogen) atoms. The lowest BCUT2D eigenvalue weighted by atomic mass is 9.95. The van der Waals surface area contributed by atoms with Crippen LogP contribution < -0.4 is 5.73 Å². The number of nitrogens with two attached hydrogens (primary N) is 1. The lowest BCUT2D eigenvalue weighted by Crippen LogP contribution is -2.45. The lowest BCUT2D eigenvalue weighted by molar-refractivity contribution is -0.138. The molecule has 1 aliphatic rings. The maximum Gasteiger partial charge on any atom is 0.247 e. The number of hydrogen-bond donors (Lipinski definition) is 1. The van der Waals surface area contributed by atoms with Gasteiger partial charge in [0.25, 0.3) is 0 Å². The van der Waals surface area contributed by atoms with Crippen molar-refractivity contribution in [1.29, 1.82) is 0 Å². The van der Waals surface area contributed by atoms with E-state index in [4.69, 9.17) is 5.73 Å². The Morgan fingerprint density at radius 1 is 1.24 bits per heavy atom. The SMILES string of the molecule is Cc1nnnn1C(Cc1ccccc1)C(=O)N1CCC(C(N)=O)CC1. The lowest BCUT2D eigenvalue weighted by Gasteiger charge is -2.33. The summed E-state index contributed by atoms with van der Waals surface area (Å²) in [6.45, 7) is 2.84. The predicted molar refractivity (Wildman–Crippen MR) is 90.2 cm³/mol. The van der Waals surface area contributed by atoms with Crippen LogP contribution in [0.3, 0.4) is 0 Å². The molecule has 0 saturated carbocycles. The molecule has 1 fully saturated rings. The van der Waals surface area contributed by atoms with Crippen molar-refractivity contribution in [3.05, 3.63) is 41.7 Å². The molecule has 2 N–H and O–H groups in total. The average molecular weight is 342 g/mol. The van der Waals surface area contributed by atoms with Gasteiger partial charge in [0, 0.05) is 25.4 Å². The molecular formula is C17H22N6O2. The average Bonchev–Trinajstić information content (AvgIpc) is 3.06. The smallest absolute Gasteiger partial charge is 0.247 e. The maximum atomic E-state index is 13.1. The van der Waals surface area contributed by atoms with Crippen molar-refractivity contribution >= 4 is 11.8 Å². The summed E-state index contributed by atoms with van der Waals surface area (Å²) in [7, 11) is 0. The Morgan fingerprint density at radius 2 is 1.92 bits per heavy atom. The summed E-state index contributed by atoms with van der Waals surface area (Å²) >= 11 is 0. The molecule has 1 unspecified atom stereocenters. The zero-order valence-electron chi connectivity index (χ0n) is 14.2. The normalized spacial score (nSPS) is 16.6. The van der Waals surface area contributed by atoms with E-state index in [1.54, 1.807) is 16.5 Å². The number of hydrogen-bond acceptors (Lipinski definition) is 5. The highest BCUT2D eigenvalue weighted by molar-refractivity contribution is 5.81. The molecule has 0 bridgehead atoms. The summed E-state index contributed by atoms with van der Waals surface area (Å²) in [6.07, 6.45) is 1.72. The highest BCUT2D eigenvalue weighted by atomic mass is 16.2. The Bertz CT molecular complexity index is 737. The van der Waals surface area contributed by atoms with Gasteiger partial charge >= 0.3 is 0 Å². The number of rotatable bonds is 5. The van der Waals surface area contributed by atoms with Gasteiger partial charge in [-0.1, -0.05) is 30.3 Å². The minimum Gasteiger partial charge on any atom is -0.369 e. The van der Waals surface area contributed by atoms with Crippen LogP contribution in [0.1, 0.15) is 30.3 Å². The van der Waals surface area contributed by atoms with Crippen molar-refractivity contribution in [2.75, 3.05) is 13.1 Å². The first-order valence-corrected chi connectivity index (χ1v) is 8.42. The molecular weight excluding hydrogens is 320 g/mol. The number of likely N-dealkylation sites (tertiary alicyclic amines) is 1. The molecule has 3 rings (SSSR count). The molecule has 0 spiro atoms. The van der Waals surface area contributed by atoms with Crippen LogP contribution in [0.5, 0.6) is 0 Å². The van der Waals surface area contributed by atoms with Crippen molar-refractivity contribution in [3.8, 4) is 0 Å². The molecule has 2 amide bonds. The monoisotopic (exact) mass is 342 g/mol. The Balaban J connectivity index is 1.78. The largest absolute Gasteiger partial charge is 0.369 e. The van der Waals surface area contributed by atoms with Crippen molar-refractivity contribution in [2.24, 2.45) is 11.7 Å². The van der Waals surface area contributed by atoms with Gasteiger partial charge in [-0.05, 0) is 35.8 Å². The number of tetrazole rings is 1. The van der Waals surface area contributed by atoms with Crippen molar-refractivity contribution < 1.29 is 9.59 Å². The molecule has 1 aliphatic heterocycles. The number of primary amides is 1. The van der Waals surface area contributed by atoms with Crippen molar-refractivity contribution in [3.63, 3.8) is 0 Å². The Hall–Kier alpha value is -2.77. The number of carbonyl (C=O) groups excluding carboxylic acids is 2. The first kappa shape index (κ1) is 17.1. The molecule has 2 heterocycles. The molecule has 1 atom stereocenters. The van der Waals surface area contributed by atoms with Gasteiger partial charge in [-0.3, -0.25) is 9.59 Å². The van der Waals surface area contributed by atoms with Gasteiger partial charge in [0.15, 0.2) is 0 Å². The minimum absolute atomic E-state index is 0.0258. The van der Waals surface area contributed by atoms with Gasteiger partial charge in [-0.2, -0.15) is 0 Å². The van der Waals surface area contributed by atoms with E-state index >= 15 is 0 Å². The van der Waals surface area contributed by atoms with Gasteiger partial charge in [0.2, 0.25) is 11.8 Å². The standard InChI is InChI=1S/C17H22N6O2/c1-12-19-20-21-23(12)15(11-13-5-3-2-4-6-13)17(25)22-9-7-14(8-10-22)16(18)24/h2-6,14-15H,7-11H2,1H3,(H2,18,24). The number of amides is 2. The summed E-state index contributed by atoms with van der Waals surface area (Å²) in [5.74, 6) is 0.138. The fourth-order valence-corrected chi connectivity index (χ4v) is 3.24. The van der Waals surface area contributed by atoms with E-state index in [0.717, 1.165) is 5.56 Å². The van der Waals surface area contributed by atoms with Crippen LogP contribution in [0.2, 0.25) is 0 Å². The highest BCUT2D eigenvalue weighted by Crippen LogP contribution is 2.22. The summed E-state index contributed by atoms with van der Waals surface area (Å²) in [5, 5.41) is 11.6. The molecule has 132 valence electrons. The quantitative estimate of drug-likeness (QED) is 0.851. The van der Waals surface area contributed by atoms with E-state index in [1.807, 2.05) is 30.3 Å². The van der Waals surface area contributed by atoms with Gasteiger partial charge in [0.1, 0.15) is 11.9 Å². The van der Waals surface area contributed by atoms with Crippen LogP contribution in [0.4, 0.5) is 0 Å². The molecule has 0 radical (unpaired) electrons. The fourth-order valence-electron chi connectivity index (χ4n) is 3.24. The molecule has 1 aromatic heterocycles. The highest BCUT2D eigenvalue weighted by Gasteiger charge is 2.32. The molecule has 8 nitrogen and oxygen atoms in total. The second-order valence-corrected chi connectivity index (χ2v) is 6.38. The third kappa shape index (κ3) is 3.84. The maximum absolute atomic E-state index is 13.1. The molecule has 1 aromatic carbocycles. The van der Waals surface area contributed by atoms with Gasteiger partial charge in [0.05, 0.1) is 0 Å². The molecule has 2 aromatic rings. The number of piperidine rings is 1. The molecule has 8 heteroatoms. The van der Waals surface area contributed by atoms with E-state index in [2.05, 4.69) is 15.5 Å². The van der Waals surface area contributed by atoms with Crippen LogP contribution in [-0.4, -0.2) is 50.0 Å². The van der Waals surface area contributed by atoms with E-state index in [0.29, 0.717) is 38.2 Å². The Labute approximate surface area is 146 Å². The third-order valence-corrected chi connectivity index (χ3v) is 4.72. The zero-order valence-corrected chi connectivity index (χ0v) is 14.2. The number of carbonyl (C=O) groups is 2. The van der Waals surface area contributed by atoms with E-state index < -0.39 is 6.04 Å². The summed E-state index contributed by atoms with van der Waals surface area (Å²) in [6, 6.07) is 9.31. The van der Waals surface area contributed by atoms with Crippen molar-refractivity contribution in [1.82, 2.24) is 25.1 Å². The second kappa shape index (κ2) is 7.42. The molecule has 0 aliphatic carbocycles. The molecule has 1 saturated heterocycles. The summed E-state index contributed by atoms with van der Waals surface area (Å²) in [4.78, 5) is 26.2. The predicted octanol–water partition coefficient (Wildman–Crippen LogP) is 0.489. The van der Waals surface area contributed by atoms with E-state index in [1.165, 1.54) is 0 Å². The summed E-state index contributed by atoms with van der Waals surface area (Å²) < 4.78 is 1.58. The minimum atomic E-state index is -0.498. The number of nitrogens with zero attached hydrogens (tertiary/aromatic N) is 5. The zero-order chi connectivity index (χ0) is 17.8. The van der Waals surface area contributed by atoms with Crippen LogP contribution >= 0.6 is 0 Å². The van der Waals surface area contributed by atoms with E-state index in [-0.39, 0.29) is 17.7 Å². The van der Waals surface area contributed by atoms with Crippen LogP contribution in [-0.2, 0) is 16.0 Å². The first-order chi connectivity index (χ1) is 12.1. The fraction of sp³-hybridized carbons (Fsp3) is 0.471. The second-order valence-electron chi connectivity index (χ2n) is 6.38.